The molecule has 0 atom stereocenters. The Bertz CT molecular complexity index is 1000. The zero-order chi connectivity index (χ0) is 21.0. The van der Waals surface area contributed by atoms with E-state index >= 15 is 0 Å². The molecule has 1 N–H and O–H groups in total. The first-order valence-electron chi connectivity index (χ1n) is 10.3. The van der Waals surface area contributed by atoms with E-state index < -0.39 is 0 Å². The van der Waals surface area contributed by atoms with E-state index in [1.807, 2.05) is 25.1 Å². The monoisotopic (exact) mass is 404 g/mol. The maximum absolute atomic E-state index is 5.73. The van der Waals surface area contributed by atoms with Gasteiger partial charge >= 0.3 is 0 Å². The van der Waals surface area contributed by atoms with Crippen LogP contribution in [0.4, 0.5) is 5.82 Å². The topological polar surface area (TPSA) is 69.2 Å². The number of pyridine rings is 1. The van der Waals surface area contributed by atoms with Crippen LogP contribution in [-0.2, 0) is 10.2 Å². The molecular weight excluding hydrogens is 376 g/mol. The van der Waals surface area contributed by atoms with Gasteiger partial charge in [0.15, 0.2) is 5.82 Å². The summed E-state index contributed by atoms with van der Waals surface area (Å²) in [5.41, 5.74) is 4.21. The summed E-state index contributed by atoms with van der Waals surface area (Å²) in [6.07, 6.45) is 5.40. The molecule has 3 heterocycles. The number of hydrogen-bond donors (Lipinski definition) is 1. The third-order valence-electron chi connectivity index (χ3n) is 5.76. The van der Waals surface area contributed by atoms with E-state index in [9.17, 15) is 0 Å². The Kier molecular flexibility index (Phi) is 5.95. The van der Waals surface area contributed by atoms with Crippen LogP contribution in [0.15, 0.2) is 48.8 Å². The fourth-order valence-electron chi connectivity index (χ4n) is 4.08. The van der Waals surface area contributed by atoms with Gasteiger partial charge in [0.1, 0.15) is 11.6 Å². The summed E-state index contributed by atoms with van der Waals surface area (Å²) in [6.45, 7) is 6.34. The SMILES string of the molecule is COc1ccc(C)cc1C1(CNc2cc(C)nc(-c3cccnc3)n2)CCOCC1. The minimum atomic E-state index is -0.0804. The molecule has 0 unspecified atom stereocenters. The molecule has 1 fully saturated rings. The van der Waals surface area contributed by atoms with Crippen molar-refractivity contribution in [1.29, 1.82) is 0 Å². The maximum atomic E-state index is 5.73. The normalized spacial score (nSPS) is 15.6. The van der Waals surface area contributed by atoms with E-state index in [0.717, 1.165) is 55.4 Å². The van der Waals surface area contributed by atoms with Crippen molar-refractivity contribution in [1.82, 2.24) is 15.0 Å². The molecule has 6 nitrogen and oxygen atoms in total. The average Bonchev–Trinajstić information content (AvgIpc) is 2.78. The van der Waals surface area contributed by atoms with Crippen LogP contribution in [0.25, 0.3) is 11.4 Å². The summed E-state index contributed by atoms with van der Waals surface area (Å²) < 4.78 is 11.4. The van der Waals surface area contributed by atoms with Gasteiger partial charge < -0.3 is 14.8 Å². The van der Waals surface area contributed by atoms with Gasteiger partial charge in [-0.25, -0.2) is 9.97 Å². The van der Waals surface area contributed by atoms with Crippen molar-refractivity contribution in [2.45, 2.75) is 32.1 Å². The van der Waals surface area contributed by atoms with E-state index in [-0.39, 0.29) is 5.41 Å². The molecule has 0 radical (unpaired) electrons. The van der Waals surface area contributed by atoms with Crippen molar-refractivity contribution in [3.63, 3.8) is 0 Å². The Hall–Kier alpha value is -2.99. The molecule has 0 bridgehead atoms. The number of methoxy groups -OCH3 is 1. The second-order valence-electron chi connectivity index (χ2n) is 7.91. The summed E-state index contributed by atoms with van der Waals surface area (Å²) in [5.74, 6) is 2.43. The number of aryl methyl sites for hydroxylation is 2. The standard InChI is InChI=1S/C24H28N4O2/c1-17-6-7-21(29-3)20(13-17)24(8-11-30-12-9-24)16-26-22-14-18(2)27-23(28-22)19-5-4-10-25-15-19/h4-7,10,13-15H,8-9,11-12,16H2,1-3H3,(H,26,27,28). The van der Waals surface area contributed by atoms with E-state index in [1.54, 1.807) is 19.5 Å². The highest BCUT2D eigenvalue weighted by molar-refractivity contribution is 5.56. The van der Waals surface area contributed by atoms with E-state index in [2.05, 4.69) is 40.4 Å². The second kappa shape index (κ2) is 8.79. The molecule has 30 heavy (non-hydrogen) atoms. The first-order chi connectivity index (χ1) is 14.6. The summed E-state index contributed by atoms with van der Waals surface area (Å²) >= 11 is 0. The summed E-state index contributed by atoms with van der Waals surface area (Å²) in [5, 5.41) is 3.59. The van der Waals surface area contributed by atoms with E-state index in [1.165, 1.54) is 11.1 Å². The van der Waals surface area contributed by atoms with Gasteiger partial charge in [-0.05, 0) is 44.9 Å². The van der Waals surface area contributed by atoms with Crippen LogP contribution < -0.4 is 10.1 Å². The lowest BCUT2D eigenvalue weighted by atomic mass is 9.73. The molecular formula is C24H28N4O2. The Labute approximate surface area is 177 Å². The third-order valence-corrected chi connectivity index (χ3v) is 5.76. The van der Waals surface area contributed by atoms with Crippen molar-refractivity contribution in [3.8, 4) is 17.1 Å². The third kappa shape index (κ3) is 4.28. The van der Waals surface area contributed by atoms with Gasteiger partial charge in [-0.2, -0.15) is 0 Å². The molecule has 0 saturated carbocycles. The first-order valence-corrected chi connectivity index (χ1v) is 10.3. The lowest BCUT2D eigenvalue weighted by Gasteiger charge is -2.39. The zero-order valence-corrected chi connectivity index (χ0v) is 17.8. The predicted octanol–water partition coefficient (Wildman–Crippen LogP) is 4.32. The highest BCUT2D eigenvalue weighted by Crippen LogP contribution is 2.40. The molecule has 0 spiro atoms. The van der Waals surface area contributed by atoms with Crippen LogP contribution in [0.1, 0.15) is 29.7 Å². The molecule has 1 aromatic carbocycles. The van der Waals surface area contributed by atoms with Gasteiger partial charge in [0.25, 0.3) is 0 Å². The molecule has 1 aliphatic rings. The van der Waals surface area contributed by atoms with Gasteiger partial charge in [0.05, 0.1) is 7.11 Å². The van der Waals surface area contributed by atoms with Crippen LogP contribution in [0, 0.1) is 13.8 Å². The van der Waals surface area contributed by atoms with Crippen LogP contribution in [0.2, 0.25) is 0 Å². The summed E-state index contributed by atoms with van der Waals surface area (Å²) in [4.78, 5) is 13.5. The predicted molar refractivity (Wildman–Crippen MR) is 118 cm³/mol. The van der Waals surface area contributed by atoms with Crippen LogP contribution in [0.5, 0.6) is 5.75 Å². The van der Waals surface area contributed by atoms with Crippen molar-refractivity contribution in [2.24, 2.45) is 0 Å². The highest BCUT2D eigenvalue weighted by atomic mass is 16.5. The highest BCUT2D eigenvalue weighted by Gasteiger charge is 2.37. The molecule has 1 aliphatic heterocycles. The van der Waals surface area contributed by atoms with Gasteiger partial charge in [0.2, 0.25) is 0 Å². The Morgan fingerprint density at radius 1 is 1.10 bits per heavy atom. The molecule has 4 rings (SSSR count). The van der Waals surface area contributed by atoms with Crippen molar-refractivity contribution in [2.75, 3.05) is 32.2 Å². The van der Waals surface area contributed by atoms with Gasteiger partial charge in [-0.1, -0.05) is 17.7 Å². The number of hydrogen-bond acceptors (Lipinski definition) is 6. The van der Waals surface area contributed by atoms with Gasteiger partial charge in [-0.15, -0.1) is 0 Å². The van der Waals surface area contributed by atoms with Crippen LogP contribution >= 0.6 is 0 Å². The van der Waals surface area contributed by atoms with E-state index in [4.69, 9.17) is 14.5 Å². The summed E-state index contributed by atoms with van der Waals surface area (Å²) in [6, 6.07) is 12.3. The number of nitrogens with one attached hydrogen (secondary N) is 1. The molecule has 1 saturated heterocycles. The quantitative estimate of drug-likeness (QED) is 0.660. The van der Waals surface area contributed by atoms with Crippen LogP contribution in [0.3, 0.4) is 0 Å². The van der Waals surface area contributed by atoms with Crippen molar-refractivity contribution >= 4 is 5.82 Å². The minimum Gasteiger partial charge on any atom is -0.496 e. The first kappa shape index (κ1) is 20.3. The van der Waals surface area contributed by atoms with Crippen molar-refractivity contribution < 1.29 is 9.47 Å². The van der Waals surface area contributed by atoms with Gasteiger partial charge in [0, 0.05) is 60.5 Å². The molecule has 0 aliphatic carbocycles. The Morgan fingerprint density at radius 2 is 1.93 bits per heavy atom. The summed E-state index contributed by atoms with van der Waals surface area (Å²) in [7, 11) is 1.74. The molecule has 2 aromatic heterocycles. The maximum Gasteiger partial charge on any atom is 0.163 e. The smallest absolute Gasteiger partial charge is 0.163 e. The van der Waals surface area contributed by atoms with E-state index in [0.29, 0.717) is 5.82 Å². The minimum absolute atomic E-state index is 0.0804. The number of rotatable bonds is 6. The van der Waals surface area contributed by atoms with Gasteiger partial charge in [-0.3, -0.25) is 4.98 Å². The number of ether oxygens (including phenoxy) is 2. The second-order valence-corrected chi connectivity index (χ2v) is 7.91. The number of benzene rings is 1. The molecule has 6 heteroatoms. The molecule has 0 amide bonds. The lowest BCUT2D eigenvalue weighted by Crippen LogP contribution is -2.40. The van der Waals surface area contributed by atoms with Crippen LogP contribution in [-0.4, -0.2) is 41.8 Å². The largest absolute Gasteiger partial charge is 0.496 e. The lowest BCUT2D eigenvalue weighted by molar-refractivity contribution is 0.0535. The fourth-order valence-corrected chi connectivity index (χ4v) is 4.08. The number of nitrogens with zero attached hydrogens (tertiary/aromatic N) is 3. The molecule has 156 valence electrons. The van der Waals surface area contributed by atoms with Crippen molar-refractivity contribution in [3.05, 3.63) is 65.6 Å². The fraction of sp³-hybridized carbons (Fsp3) is 0.375. The number of anilines is 1. The average molecular weight is 405 g/mol. The Morgan fingerprint density at radius 3 is 2.67 bits per heavy atom. The number of aromatic nitrogens is 3. The zero-order valence-electron chi connectivity index (χ0n) is 17.8. The Balaban J connectivity index is 1.65. The molecule has 3 aromatic rings.